The molecule has 0 aromatic heterocycles. The van der Waals surface area contributed by atoms with E-state index in [2.05, 4.69) is 0 Å². The topological polar surface area (TPSA) is 78.9 Å². The maximum absolute atomic E-state index is 14.3. The SMILES string of the molecule is CCOC(=O)c1ccc(Sc2ccc3c(Oc4ccccc4)c4c(c(Oc5ccccc5)c3c2)C(=O)c2ccccc2C4=O)cc1. The Bertz CT molecular complexity index is 2120. The largest absolute Gasteiger partial charge is 0.462 e. The molecule has 0 spiro atoms. The summed E-state index contributed by atoms with van der Waals surface area (Å²) in [6.07, 6.45) is 0. The second-order valence-corrected chi connectivity index (χ2v) is 11.6. The Balaban J connectivity index is 1.44. The fourth-order valence-corrected chi connectivity index (χ4v) is 6.34. The van der Waals surface area contributed by atoms with Gasteiger partial charge in [-0.15, -0.1) is 0 Å². The van der Waals surface area contributed by atoms with Crippen molar-refractivity contribution in [1.29, 1.82) is 0 Å². The molecule has 0 amide bonds. The highest BCUT2D eigenvalue weighted by Crippen LogP contribution is 2.49. The molecule has 0 unspecified atom stereocenters. The molecule has 0 saturated heterocycles. The zero-order valence-electron chi connectivity index (χ0n) is 24.7. The van der Waals surface area contributed by atoms with E-state index in [4.69, 9.17) is 14.2 Å². The van der Waals surface area contributed by atoms with Gasteiger partial charge in [-0.2, -0.15) is 0 Å². The van der Waals surface area contributed by atoms with Crippen molar-refractivity contribution in [2.24, 2.45) is 0 Å². The third-order valence-corrected chi connectivity index (χ3v) is 8.58. The lowest BCUT2D eigenvalue weighted by Gasteiger charge is -2.25. The van der Waals surface area contributed by atoms with E-state index in [1.165, 1.54) is 11.8 Å². The molecule has 0 aliphatic heterocycles. The molecule has 0 heterocycles. The first-order valence-corrected chi connectivity index (χ1v) is 15.6. The van der Waals surface area contributed by atoms with Gasteiger partial charge in [-0.3, -0.25) is 9.59 Å². The Morgan fingerprint density at radius 2 is 1.09 bits per heavy atom. The number of carbonyl (C=O) groups is 3. The minimum atomic E-state index is -0.371. The molecule has 46 heavy (non-hydrogen) atoms. The van der Waals surface area contributed by atoms with E-state index < -0.39 is 0 Å². The van der Waals surface area contributed by atoms with Crippen LogP contribution >= 0.6 is 11.8 Å². The first kappa shape index (κ1) is 29.1. The third kappa shape index (κ3) is 5.42. The van der Waals surface area contributed by atoms with E-state index >= 15 is 0 Å². The van der Waals surface area contributed by atoms with E-state index in [1.54, 1.807) is 67.6 Å². The van der Waals surface area contributed by atoms with Crippen LogP contribution in [0, 0.1) is 0 Å². The van der Waals surface area contributed by atoms with Crippen molar-refractivity contribution in [2.45, 2.75) is 16.7 Å². The zero-order valence-corrected chi connectivity index (χ0v) is 25.5. The van der Waals surface area contributed by atoms with Gasteiger partial charge in [0, 0.05) is 31.7 Å². The predicted octanol–water partition coefficient (Wildman–Crippen LogP) is 9.53. The summed E-state index contributed by atoms with van der Waals surface area (Å²) in [5.74, 6) is 0.629. The Hall–Kier alpha value is -5.66. The van der Waals surface area contributed by atoms with Crippen LogP contribution < -0.4 is 9.47 Å². The van der Waals surface area contributed by atoms with Gasteiger partial charge in [-0.25, -0.2) is 4.79 Å². The fourth-order valence-electron chi connectivity index (χ4n) is 5.49. The number of hydrogen-bond acceptors (Lipinski definition) is 7. The summed E-state index contributed by atoms with van der Waals surface area (Å²) >= 11 is 1.49. The number of fused-ring (bicyclic) bond motifs is 3. The lowest BCUT2D eigenvalue weighted by molar-refractivity contribution is 0.0526. The molecular formula is C39H26O6S. The summed E-state index contributed by atoms with van der Waals surface area (Å²) in [6.45, 7) is 2.08. The molecule has 6 aromatic rings. The van der Waals surface area contributed by atoms with E-state index in [0.717, 1.165) is 9.79 Å². The smallest absolute Gasteiger partial charge is 0.338 e. The van der Waals surface area contributed by atoms with Gasteiger partial charge in [0.2, 0.25) is 0 Å². The van der Waals surface area contributed by atoms with Crippen LogP contribution in [0.2, 0.25) is 0 Å². The number of benzene rings is 6. The van der Waals surface area contributed by atoms with Crippen LogP contribution in [0.4, 0.5) is 0 Å². The highest BCUT2D eigenvalue weighted by Gasteiger charge is 2.37. The van der Waals surface area contributed by atoms with Gasteiger partial charge in [-0.1, -0.05) is 72.4 Å². The third-order valence-electron chi connectivity index (χ3n) is 7.58. The summed E-state index contributed by atoms with van der Waals surface area (Å²) in [6, 6.07) is 38.1. The van der Waals surface area contributed by atoms with Gasteiger partial charge in [0.1, 0.15) is 23.0 Å². The summed E-state index contributed by atoms with van der Waals surface area (Å²) in [7, 11) is 0. The summed E-state index contributed by atoms with van der Waals surface area (Å²) < 4.78 is 18.1. The molecule has 7 rings (SSSR count). The first-order chi connectivity index (χ1) is 22.5. The quantitative estimate of drug-likeness (QED) is 0.156. The van der Waals surface area contributed by atoms with E-state index in [-0.39, 0.29) is 34.4 Å². The van der Waals surface area contributed by atoms with Gasteiger partial charge >= 0.3 is 5.97 Å². The molecular weight excluding hydrogens is 596 g/mol. The van der Waals surface area contributed by atoms with Gasteiger partial charge in [0.15, 0.2) is 11.6 Å². The highest BCUT2D eigenvalue weighted by atomic mass is 32.2. The predicted molar refractivity (Wildman–Crippen MR) is 177 cm³/mol. The van der Waals surface area contributed by atoms with Crippen LogP contribution in [0.25, 0.3) is 10.8 Å². The fraction of sp³-hybridized carbons (Fsp3) is 0.0513. The van der Waals surface area contributed by atoms with Crippen molar-refractivity contribution in [3.8, 4) is 23.0 Å². The molecule has 0 radical (unpaired) electrons. The van der Waals surface area contributed by atoms with Crippen LogP contribution in [-0.2, 0) is 4.74 Å². The number of carbonyl (C=O) groups excluding carboxylic acids is 3. The summed E-state index contributed by atoms with van der Waals surface area (Å²) in [5.41, 5.74) is 1.44. The van der Waals surface area contributed by atoms with Crippen molar-refractivity contribution in [1.82, 2.24) is 0 Å². The van der Waals surface area contributed by atoms with Crippen molar-refractivity contribution in [3.05, 3.63) is 155 Å². The number of esters is 1. The lowest BCUT2D eigenvalue weighted by atomic mass is 9.81. The Morgan fingerprint density at radius 1 is 0.587 bits per heavy atom. The molecule has 224 valence electrons. The molecule has 0 saturated carbocycles. The molecule has 6 aromatic carbocycles. The van der Waals surface area contributed by atoms with E-state index in [0.29, 0.717) is 51.3 Å². The minimum Gasteiger partial charge on any atom is -0.462 e. The number of para-hydroxylation sites is 2. The molecule has 1 aliphatic carbocycles. The van der Waals surface area contributed by atoms with Crippen LogP contribution in [0.1, 0.15) is 49.1 Å². The maximum atomic E-state index is 14.3. The van der Waals surface area contributed by atoms with Crippen molar-refractivity contribution < 1.29 is 28.6 Å². The van der Waals surface area contributed by atoms with Gasteiger partial charge in [-0.05, 0) is 73.7 Å². The number of hydrogen-bond donors (Lipinski definition) is 0. The summed E-state index contributed by atoms with van der Waals surface area (Å²) in [4.78, 5) is 42.4. The maximum Gasteiger partial charge on any atom is 0.338 e. The van der Waals surface area contributed by atoms with Crippen molar-refractivity contribution >= 4 is 40.1 Å². The van der Waals surface area contributed by atoms with E-state index in [1.807, 2.05) is 66.7 Å². The monoisotopic (exact) mass is 622 g/mol. The lowest BCUT2D eigenvalue weighted by Crippen LogP contribution is -2.22. The highest BCUT2D eigenvalue weighted by molar-refractivity contribution is 7.99. The van der Waals surface area contributed by atoms with Crippen LogP contribution in [-0.4, -0.2) is 24.1 Å². The number of rotatable bonds is 8. The Labute approximate surface area is 269 Å². The average molecular weight is 623 g/mol. The van der Waals surface area contributed by atoms with Gasteiger partial charge in [0.25, 0.3) is 0 Å². The number of ketones is 2. The molecule has 7 heteroatoms. The van der Waals surface area contributed by atoms with Crippen LogP contribution in [0.5, 0.6) is 23.0 Å². The van der Waals surface area contributed by atoms with Crippen molar-refractivity contribution in [3.63, 3.8) is 0 Å². The van der Waals surface area contributed by atoms with Crippen molar-refractivity contribution in [2.75, 3.05) is 6.61 Å². The minimum absolute atomic E-state index is 0.159. The van der Waals surface area contributed by atoms with Crippen LogP contribution in [0.3, 0.4) is 0 Å². The molecule has 0 bridgehead atoms. The Morgan fingerprint density at radius 3 is 1.63 bits per heavy atom. The van der Waals surface area contributed by atoms with Crippen LogP contribution in [0.15, 0.2) is 137 Å². The average Bonchev–Trinajstić information content (AvgIpc) is 3.09. The summed E-state index contributed by atoms with van der Waals surface area (Å²) in [5, 5.41) is 1.23. The second-order valence-electron chi connectivity index (χ2n) is 10.5. The standard InChI is InChI=1S/C39H26O6S/c1-2-43-39(42)24-17-19-27(20-18-24)46-28-21-22-31-32(23-28)38(45-26-13-7-4-8-14-26)34-33(37(31)44-25-11-5-3-6-12-25)35(40)29-15-9-10-16-30(29)36(34)41/h3-23H,2H2,1H3. The molecule has 6 nitrogen and oxygen atoms in total. The molecule has 0 atom stereocenters. The Kier molecular flexibility index (Phi) is 7.83. The molecule has 1 aliphatic rings. The first-order valence-electron chi connectivity index (χ1n) is 14.7. The zero-order chi connectivity index (χ0) is 31.6. The van der Waals surface area contributed by atoms with E-state index in [9.17, 15) is 14.4 Å². The van der Waals surface area contributed by atoms with Gasteiger partial charge < -0.3 is 14.2 Å². The second kappa shape index (κ2) is 12.4. The molecule has 0 N–H and O–H groups in total. The van der Waals surface area contributed by atoms with Gasteiger partial charge in [0.05, 0.1) is 23.3 Å². The molecule has 0 fully saturated rings. The normalized spacial score (nSPS) is 11.9. The number of ether oxygens (including phenoxy) is 3.